The zero-order chi connectivity index (χ0) is 18.7. The van der Waals surface area contributed by atoms with Gasteiger partial charge in [-0.15, -0.1) is 0 Å². The minimum absolute atomic E-state index is 0.164. The van der Waals surface area contributed by atoms with Crippen LogP contribution in [0.5, 0.6) is 0 Å². The molecule has 0 unspecified atom stereocenters. The summed E-state index contributed by atoms with van der Waals surface area (Å²) in [4.78, 5) is 34.5. The zero-order valence-corrected chi connectivity index (χ0v) is 13.9. The van der Waals surface area contributed by atoms with Crippen molar-refractivity contribution in [3.8, 4) is 0 Å². The quantitative estimate of drug-likeness (QED) is 0.343. The predicted octanol–water partition coefficient (Wildman–Crippen LogP) is 2.36. The van der Waals surface area contributed by atoms with E-state index in [4.69, 9.17) is 4.74 Å². The first-order valence-electron chi connectivity index (χ1n) is 7.38. The molecule has 1 aromatic heterocycles. The number of benzene rings is 1. The number of carbonyl (C=O) groups excluding carboxylic acids is 2. The third kappa shape index (κ3) is 4.06. The van der Waals surface area contributed by atoms with Gasteiger partial charge in [-0.3, -0.25) is 24.4 Å². The third-order valence-electron chi connectivity index (χ3n) is 3.61. The molecule has 0 spiro atoms. The van der Waals surface area contributed by atoms with Crippen molar-refractivity contribution in [3.63, 3.8) is 0 Å². The Balaban J connectivity index is 2.05. The summed E-state index contributed by atoms with van der Waals surface area (Å²) in [5.74, 6) is -1.72. The molecule has 132 valence electrons. The number of rotatable bonds is 6. The van der Waals surface area contributed by atoms with Crippen LogP contribution in [0.3, 0.4) is 0 Å². The summed E-state index contributed by atoms with van der Waals surface area (Å²) in [6.45, 7) is 3.97. The number of hydrogen-bond donors (Lipinski definition) is 0. The molecule has 0 amide bonds. The topological polar surface area (TPSA) is 104 Å². The van der Waals surface area contributed by atoms with Gasteiger partial charge in [0.15, 0.2) is 6.10 Å². The fourth-order valence-electron chi connectivity index (χ4n) is 2.36. The molecule has 9 heteroatoms. The fourth-order valence-corrected chi connectivity index (χ4v) is 2.36. The van der Waals surface area contributed by atoms with Crippen LogP contribution < -0.4 is 0 Å². The summed E-state index contributed by atoms with van der Waals surface area (Å²) in [6.07, 6.45) is -1.08. The smallest absolute Gasteiger partial charge is 0.328 e. The Kier molecular flexibility index (Phi) is 5.26. The van der Waals surface area contributed by atoms with E-state index in [1.165, 1.54) is 32.9 Å². The van der Waals surface area contributed by atoms with E-state index in [0.29, 0.717) is 0 Å². The second kappa shape index (κ2) is 7.20. The maximum Gasteiger partial charge on any atom is 0.328 e. The molecule has 0 saturated carbocycles. The van der Waals surface area contributed by atoms with Gasteiger partial charge < -0.3 is 4.74 Å². The summed E-state index contributed by atoms with van der Waals surface area (Å²) < 4.78 is 19.1. The first-order chi connectivity index (χ1) is 11.7. The highest BCUT2D eigenvalue weighted by Gasteiger charge is 2.25. The van der Waals surface area contributed by atoms with Crippen molar-refractivity contribution in [2.75, 3.05) is 0 Å². The van der Waals surface area contributed by atoms with Crippen molar-refractivity contribution < 1.29 is 23.6 Å². The summed E-state index contributed by atoms with van der Waals surface area (Å²) in [5, 5.41) is 14.9. The normalized spacial score (nSPS) is 11.8. The van der Waals surface area contributed by atoms with Gasteiger partial charge in [0.25, 0.3) is 0 Å². The molecule has 2 rings (SSSR count). The lowest BCUT2D eigenvalue weighted by Gasteiger charge is -2.12. The number of esters is 1. The summed E-state index contributed by atoms with van der Waals surface area (Å²) in [6, 6.07) is 4.87. The van der Waals surface area contributed by atoms with E-state index in [2.05, 4.69) is 5.10 Å². The monoisotopic (exact) mass is 349 g/mol. The molecule has 0 N–H and O–H groups in total. The van der Waals surface area contributed by atoms with E-state index in [1.807, 2.05) is 0 Å². The van der Waals surface area contributed by atoms with Gasteiger partial charge in [-0.05, 0) is 45.0 Å². The maximum atomic E-state index is 12.9. The van der Waals surface area contributed by atoms with Crippen molar-refractivity contribution in [3.05, 3.63) is 57.1 Å². The number of ether oxygens (including phenoxy) is 1. The van der Waals surface area contributed by atoms with Gasteiger partial charge in [-0.1, -0.05) is 0 Å². The average Bonchev–Trinajstić information content (AvgIpc) is 2.81. The zero-order valence-electron chi connectivity index (χ0n) is 13.9. The van der Waals surface area contributed by atoms with Crippen LogP contribution >= 0.6 is 0 Å². The number of hydrogen-bond acceptors (Lipinski definition) is 6. The Hall–Kier alpha value is -3.10. The highest BCUT2D eigenvalue weighted by Crippen LogP contribution is 2.21. The van der Waals surface area contributed by atoms with Crippen molar-refractivity contribution in [1.82, 2.24) is 9.78 Å². The molecule has 0 aliphatic rings. The average molecular weight is 349 g/mol. The second-order valence-electron chi connectivity index (χ2n) is 5.44. The maximum absolute atomic E-state index is 12.9. The van der Waals surface area contributed by atoms with Gasteiger partial charge in [0, 0.05) is 5.56 Å². The SMILES string of the molecule is Cc1nn(CC(=O)O[C@@H](C)C(=O)c2ccc(F)cc2)c(C)c1[N+](=O)[O-]. The van der Waals surface area contributed by atoms with E-state index >= 15 is 0 Å². The number of aromatic nitrogens is 2. The van der Waals surface area contributed by atoms with Crippen LogP contribution in [0.4, 0.5) is 10.1 Å². The first kappa shape index (κ1) is 18.2. The van der Waals surface area contributed by atoms with Crippen LogP contribution in [-0.4, -0.2) is 32.6 Å². The third-order valence-corrected chi connectivity index (χ3v) is 3.61. The number of carbonyl (C=O) groups is 2. The number of nitrogens with zero attached hydrogens (tertiary/aromatic N) is 3. The molecule has 0 aliphatic heterocycles. The minimum atomic E-state index is -1.08. The molecular formula is C16H16FN3O5. The molecule has 25 heavy (non-hydrogen) atoms. The molecule has 2 aromatic rings. The molecule has 1 aromatic carbocycles. The number of nitro groups is 1. The van der Waals surface area contributed by atoms with Gasteiger partial charge in [-0.25, -0.2) is 4.39 Å². The summed E-state index contributed by atoms with van der Waals surface area (Å²) in [7, 11) is 0. The van der Waals surface area contributed by atoms with Crippen LogP contribution in [0.15, 0.2) is 24.3 Å². The lowest BCUT2D eigenvalue weighted by Crippen LogP contribution is -2.27. The van der Waals surface area contributed by atoms with E-state index in [-0.39, 0.29) is 29.2 Å². The number of ketones is 1. The molecule has 1 atom stereocenters. The molecule has 0 bridgehead atoms. The lowest BCUT2D eigenvalue weighted by molar-refractivity contribution is -0.386. The molecule has 0 aliphatic carbocycles. The largest absolute Gasteiger partial charge is 0.453 e. The number of halogens is 1. The van der Waals surface area contributed by atoms with Gasteiger partial charge >= 0.3 is 11.7 Å². The van der Waals surface area contributed by atoms with Crippen molar-refractivity contribution in [2.24, 2.45) is 0 Å². The van der Waals surface area contributed by atoms with Crippen molar-refractivity contribution >= 4 is 17.4 Å². The molecule has 0 fully saturated rings. The van der Waals surface area contributed by atoms with Crippen LogP contribution in [0.25, 0.3) is 0 Å². The molecule has 1 heterocycles. The summed E-state index contributed by atoms with van der Waals surface area (Å²) in [5.41, 5.74) is 0.453. The molecule has 0 radical (unpaired) electrons. The number of Topliss-reactive ketones (excluding diaryl/α,β-unsaturated/α-hetero) is 1. The fraction of sp³-hybridized carbons (Fsp3) is 0.312. The van der Waals surface area contributed by atoms with Gasteiger partial charge in [0.2, 0.25) is 5.78 Å². The Labute approximate surface area is 142 Å². The van der Waals surface area contributed by atoms with E-state index in [1.54, 1.807) is 0 Å². The Morgan fingerprint density at radius 1 is 1.32 bits per heavy atom. The lowest BCUT2D eigenvalue weighted by atomic mass is 10.1. The van der Waals surface area contributed by atoms with E-state index < -0.39 is 28.6 Å². The highest BCUT2D eigenvalue weighted by atomic mass is 19.1. The van der Waals surface area contributed by atoms with E-state index in [9.17, 15) is 24.1 Å². The molecular weight excluding hydrogens is 333 g/mol. The Bertz CT molecular complexity index is 829. The summed E-state index contributed by atoms with van der Waals surface area (Å²) >= 11 is 0. The second-order valence-corrected chi connectivity index (χ2v) is 5.44. The predicted molar refractivity (Wildman–Crippen MR) is 84.6 cm³/mol. The van der Waals surface area contributed by atoms with Crippen molar-refractivity contribution in [2.45, 2.75) is 33.4 Å². The highest BCUT2D eigenvalue weighted by molar-refractivity contribution is 6.00. The van der Waals surface area contributed by atoms with E-state index in [0.717, 1.165) is 16.8 Å². The van der Waals surface area contributed by atoms with Crippen LogP contribution in [0.1, 0.15) is 28.7 Å². The van der Waals surface area contributed by atoms with Gasteiger partial charge in [-0.2, -0.15) is 5.10 Å². The Morgan fingerprint density at radius 2 is 1.92 bits per heavy atom. The van der Waals surface area contributed by atoms with Gasteiger partial charge in [0.05, 0.1) is 4.92 Å². The van der Waals surface area contributed by atoms with Crippen molar-refractivity contribution in [1.29, 1.82) is 0 Å². The molecule has 8 nitrogen and oxygen atoms in total. The number of aryl methyl sites for hydroxylation is 1. The van der Waals surface area contributed by atoms with Crippen LogP contribution in [-0.2, 0) is 16.1 Å². The minimum Gasteiger partial charge on any atom is -0.453 e. The van der Waals surface area contributed by atoms with Crippen LogP contribution in [0, 0.1) is 29.8 Å². The van der Waals surface area contributed by atoms with Gasteiger partial charge in [0.1, 0.15) is 23.7 Å². The van der Waals surface area contributed by atoms with Crippen LogP contribution in [0.2, 0.25) is 0 Å². The first-order valence-corrected chi connectivity index (χ1v) is 7.38. The Morgan fingerprint density at radius 3 is 2.44 bits per heavy atom. The molecule has 0 saturated heterocycles. The standard InChI is InChI=1S/C16H16FN3O5/c1-9-15(20(23)24)10(2)19(18-9)8-14(21)25-11(3)16(22)12-4-6-13(17)7-5-12/h4-7,11H,8H2,1-3H3/t11-/m0/s1.